The van der Waals surface area contributed by atoms with Crippen LogP contribution in [0, 0.1) is 0 Å². The van der Waals surface area contributed by atoms with Gasteiger partial charge in [0.05, 0.1) is 0 Å². The van der Waals surface area contributed by atoms with Crippen molar-refractivity contribution in [3.05, 3.63) is 66.2 Å². The van der Waals surface area contributed by atoms with Gasteiger partial charge < -0.3 is 15.0 Å². The Balaban J connectivity index is 1.56. The number of hydrogen-bond donors (Lipinski definition) is 2. The van der Waals surface area contributed by atoms with Gasteiger partial charge in [-0.1, -0.05) is 48.5 Å². The van der Waals surface area contributed by atoms with E-state index in [0.717, 1.165) is 11.3 Å². The van der Waals surface area contributed by atoms with Gasteiger partial charge in [-0.2, -0.15) is 0 Å². The second kappa shape index (κ2) is 10.9. The van der Waals surface area contributed by atoms with Crippen LogP contribution in [0.5, 0.6) is 5.75 Å². The fourth-order valence-electron chi connectivity index (χ4n) is 2.25. The Bertz CT molecular complexity index is 677. The van der Waals surface area contributed by atoms with E-state index in [2.05, 4.69) is 10.6 Å². The minimum Gasteiger partial charge on any atom is -0.492 e. The van der Waals surface area contributed by atoms with Crippen LogP contribution in [0.3, 0.4) is 0 Å². The average molecular weight is 355 g/mol. The lowest BCUT2D eigenvalue weighted by atomic mass is 10.2. The maximum atomic E-state index is 11.8. The van der Waals surface area contributed by atoms with Gasteiger partial charge in [-0.05, 0) is 24.7 Å². The molecule has 0 heterocycles. The summed E-state index contributed by atoms with van der Waals surface area (Å²) in [5, 5.41) is 5.01. The molecule has 0 saturated carbocycles. The van der Waals surface area contributed by atoms with E-state index in [1.54, 1.807) is 0 Å². The van der Waals surface area contributed by atoms with Crippen molar-refractivity contribution in [2.24, 2.45) is 0 Å². The molecule has 0 aromatic heterocycles. The zero-order chi connectivity index (χ0) is 18.6. The van der Waals surface area contributed by atoms with Gasteiger partial charge in [0.1, 0.15) is 12.4 Å². The number of likely N-dealkylation sites (N-methyl/N-ethyl adjacent to an activating group) is 1. The number of carbonyl (C=O) groups is 2. The molecule has 6 heteroatoms. The Hall–Kier alpha value is -2.86. The van der Waals surface area contributed by atoms with Crippen molar-refractivity contribution in [2.45, 2.75) is 13.0 Å². The van der Waals surface area contributed by atoms with Crippen LogP contribution in [0.2, 0.25) is 0 Å². The minimum absolute atomic E-state index is 0.251. The quantitative estimate of drug-likeness (QED) is 0.725. The molecule has 0 spiro atoms. The largest absolute Gasteiger partial charge is 0.492 e. The lowest BCUT2D eigenvalue weighted by Crippen LogP contribution is -2.40. The second-order valence-electron chi connectivity index (χ2n) is 5.93. The summed E-state index contributed by atoms with van der Waals surface area (Å²) in [6, 6.07) is 18.6. The number of hydrogen-bond acceptors (Lipinski definition) is 4. The molecule has 0 bridgehead atoms. The summed E-state index contributed by atoms with van der Waals surface area (Å²) in [4.78, 5) is 25.5. The molecule has 0 atom stereocenters. The third-order valence-corrected chi connectivity index (χ3v) is 3.75. The van der Waals surface area contributed by atoms with Crippen molar-refractivity contribution in [3.63, 3.8) is 0 Å². The van der Waals surface area contributed by atoms with E-state index in [9.17, 15) is 9.59 Å². The van der Waals surface area contributed by atoms with Crippen LogP contribution in [0.1, 0.15) is 12.0 Å². The van der Waals surface area contributed by atoms with E-state index in [1.807, 2.05) is 72.6 Å². The van der Waals surface area contributed by atoms with Gasteiger partial charge in [0, 0.05) is 26.1 Å². The molecule has 0 saturated heterocycles. The van der Waals surface area contributed by atoms with Crippen molar-refractivity contribution in [1.29, 1.82) is 0 Å². The van der Waals surface area contributed by atoms with Crippen LogP contribution >= 0.6 is 0 Å². The van der Waals surface area contributed by atoms with E-state index in [-0.39, 0.29) is 12.3 Å². The first-order chi connectivity index (χ1) is 12.6. The maximum Gasteiger partial charge on any atom is 0.321 e. The monoisotopic (exact) mass is 355 g/mol. The molecule has 0 unspecified atom stereocenters. The summed E-state index contributed by atoms with van der Waals surface area (Å²) in [7, 11) is 1.91. The fourth-order valence-corrected chi connectivity index (χ4v) is 2.25. The standard InChI is InChI=1S/C20H25N3O3/c1-23(14-15-26-18-10-6-3-7-11-18)13-12-19(24)22-20(25)21-16-17-8-4-2-5-9-17/h2-11H,12-16H2,1H3,(H2,21,22,24,25). The molecule has 0 aliphatic carbocycles. The van der Waals surface area contributed by atoms with Crippen LogP contribution in [0.4, 0.5) is 4.79 Å². The van der Waals surface area contributed by atoms with Crippen molar-refractivity contribution in [1.82, 2.24) is 15.5 Å². The van der Waals surface area contributed by atoms with Gasteiger partial charge in [-0.25, -0.2) is 4.79 Å². The summed E-state index contributed by atoms with van der Waals surface area (Å²) in [6.45, 7) is 2.18. The molecule has 0 aliphatic heterocycles. The number of amides is 3. The lowest BCUT2D eigenvalue weighted by Gasteiger charge is -2.16. The van der Waals surface area contributed by atoms with Gasteiger partial charge in [0.2, 0.25) is 5.91 Å². The van der Waals surface area contributed by atoms with Crippen LogP contribution < -0.4 is 15.4 Å². The number of para-hydroxylation sites is 1. The molecule has 2 N–H and O–H groups in total. The molecule has 0 fully saturated rings. The van der Waals surface area contributed by atoms with Crippen LogP contribution in [-0.4, -0.2) is 43.6 Å². The van der Waals surface area contributed by atoms with Gasteiger partial charge in [-0.3, -0.25) is 10.1 Å². The minimum atomic E-state index is -0.478. The van der Waals surface area contributed by atoms with Gasteiger partial charge in [0.15, 0.2) is 0 Å². The first-order valence-electron chi connectivity index (χ1n) is 8.61. The van der Waals surface area contributed by atoms with E-state index >= 15 is 0 Å². The molecule has 26 heavy (non-hydrogen) atoms. The molecular formula is C20H25N3O3. The number of rotatable bonds is 9. The molecule has 0 aliphatic rings. The smallest absolute Gasteiger partial charge is 0.321 e. The number of ether oxygens (including phenoxy) is 1. The summed E-state index contributed by atoms with van der Waals surface area (Å²) in [5.41, 5.74) is 0.980. The van der Waals surface area contributed by atoms with Gasteiger partial charge in [-0.15, -0.1) is 0 Å². The molecule has 3 amide bonds. The Kier molecular flexibility index (Phi) is 8.15. The highest BCUT2D eigenvalue weighted by Crippen LogP contribution is 2.07. The summed E-state index contributed by atoms with van der Waals surface area (Å²) in [6.07, 6.45) is 0.251. The number of urea groups is 1. The highest BCUT2D eigenvalue weighted by Gasteiger charge is 2.09. The number of nitrogens with one attached hydrogen (secondary N) is 2. The van der Waals surface area contributed by atoms with Gasteiger partial charge >= 0.3 is 6.03 Å². The normalized spacial score (nSPS) is 10.4. The van der Waals surface area contributed by atoms with Crippen molar-refractivity contribution < 1.29 is 14.3 Å². The summed E-state index contributed by atoms with van der Waals surface area (Å²) in [5.74, 6) is 0.528. The van der Waals surface area contributed by atoms with Crippen molar-refractivity contribution in [2.75, 3.05) is 26.7 Å². The molecule has 2 rings (SSSR count). The Morgan fingerprint density at radius 2 is 1.62 bits per heavy atom. The number of imide groups is 1. The average Bonchev–Trinajstić information content (AvgIpc) is 2.66. The van der Waals surface area contributed by atoms with Crippen LogP contribution in [0.25, 0.3) is 0 Å². The molecular weight excluding hydrogens is 330 g/mol. The molecule has 6 nitrogen and oxygen atoms in total. The van der Waals surface area contributed by atoms with E-state index in [4.69, 9.17) is 4.74 Å². The van der Waals surface area contributed by atoms with E-state index in [1.165, 1.54) is 0 Å². The topological polar surface area (TPSA) is 70.7 Å². The third kappa shape index (κ3) is 7.81. The first kappa shape index (κ1) is 19.5. The Morgan fingerprint density at radius 3 is 2.31 bits per heavy atom. The van der Waals surface area contributed by atoms with Crippen molar-refractivity contribution in [3.8, 4) is 5.75 Å². The highest BCUT2D eigenvalue weighted by atomic mass is 16.5. The molecule has 138 valence electrons. The fraction of sp³-hybridized carbons (Fsp3) is 0.300. The lowest BCUT2D eigenvalue weighted by molar-refractivity contribution is -0.120. The van der Waals surface area contributed by atoms with Crippen molar-refractivity contribution >= 4 is 11.9 Å². The predicted octanol–water partition coefficient (Wildman–Crippen LogP) is 2.41. The molecule has 0 radical (unpaired) electrons. The first-order valence-corrected chi connectivity index (χ1v) is 8.61. The summed E-state index contributed by atoms with van der Waals surface area (Å²) < 4.78 is 5.62. The molecule has 2 aromatic carbocycles. The number of benzene rings is 2. The van der Waals surface area contributed by atoms with E-state index in [0.29, 0.717) is 26.2 Å². The Morgan fingerprint density at radius 1 is 0.962 bits per heavy atom. The highest BCUT2D eigenvalue weighted by molar-refractivity contribution is 5.94. The van der Waals surface area contributed by atoms with Crippen LogP contribution in [0.15, 0.2) is 60.7 Å². The summed E-state index contributed by atoms with van der Waals surface area (Å²) >= 11 is 0. The second-order valence-corrected chi connectivity index (χ2v) is 5.93. The maximum absolute atomic E-state index is 11.8. The van der Waals surface area contributed by atoms with Crippen LogP contribution in [-0.2, 0) is 11.3 Å². The third-order valence-electron chi connectivity index (χ3n) is 3.75. The van der Waals surface area contributed by atoms with E-state index < -0.39 is 6.03 Å². The number of nitrogens with zero attached hydrogens (tertiary/aromatic N) is 1. The Labute approximate surface area is 154 Å². The van der Waals surface area contributed by atoms with Gasteiger partial charge in [0.25, 0.3) is 0 Å². The SMILES string of the molecule is CN(CCOc1ccccc1)CCC(=O)NC(=O)NCc1ccccc1. The number of carbonyl (C=O) groups excluding carboxylic acids is 2. The molecule has 2 aromatic rings. The zero-order valence-corrected chi connectivity index (χ0v) is 15.0. The zero-order valence-electron chi connectivity index (χ0n) is 15.0. The predicted molar refractivity (Wildman–Crippen MR) is 101 cm³/mol.